The average molecular weight is 285 g/mol. The molecule has 0 saturated carbocycles. The fourth-order valence-electron chi connectivity index (χ4n) is 1.95. The van der Waals surface area contributed by atoms with Crippen LogP contribution in [-0.2, 0) is 11.2 Å². The Kier molecular flexibility index (Phi) is 4.82. The number of hydrogen-bond donors (Lipinski definition) is 1. The van der Waals surface area contributed by atoms with Crippen LogP contribution in [0.4, 0.5) is 10.1 Å². The van der Waals surface area contributed by atoms with Crippen LogP contribution >= 0.6 is 0 Å². The Morgan fingerprint density at radius 1 is 1.10 bits per heavy atom. The van der Waals surface area contributed by atoms with E-state index in [0.29, 0.717) is 24.1 Å². The summed E-state index contributed by atoms with van der Waals surface area (Å²) in [6.45, 7) is 1.48. The van der Waals surface area contributed by atoms with Gasteiger partial charge in [0.1, 0.15) is 5.82 Å². The van der Waals surface area contributed by atoms with Crippen molar-refractivity contribution in [2.45, 2.75) is 19.8 Å². The molecule has 1 amide bonds. The number of carbonyl (C=O) groups is 2. The van der Waals surface area contributed by atoms with Crippen molar-refractivity contribution in [2.24, 2.45) is 0 Å². The van der Waals surface area contributed by atoms with E-state index in [-0.39, 0.29) is 17.5 Å². The van der Waals surface area contributed by atoms with Gasteiger partial charge in [-0.2, -0.15) is 0 Å². The number of rotatable bonds is 5. The highest BCUT2D eigenvalue weighted by Crippen LogP contribution is 2.12. The maximum Gasteiger partial charge on any atom is 0.224 e. The van der Waals surface area contributed by atoms with Crippen molar-refractivity contribution < 1.29 is 14.0 Å². The third-order valence-electron chi connectivity index (χ3n) is 3.11. The van der Waals surface area contributed by atoms with Crippen LogP contribution in [-0.4, -0.2) is 11.7 Å². The predicted molar refractivity (Wildman–Crippen MR) is 79.8 cm³/mol. The molecule has 2 rings (SSSR count). The Bertz CT molecular complexity index is 650. The zero-order valence-electron chi connectivity index (χ0n) is 11.7. The molecule has 0 fully saturated rings. The molecule has 0 atom stereocenters. The van der Waals surface area contributed by atoms with Crippen molar-refractivity contribution in [1.82, 2.24) is 0 Å². The molecule has 2 aromatic carbocycles. The standard InChI is InChI=1S/C17H16FNO2/c1-12(20)14-3-2-4-16(11-14)19-17(21)10-7-13-5-8-15(18)9-6-13/h2-6,8-9,11H,7,10H2,1H3,(H,19,21). The fourth-order valence-corrected chi connectivity index (χ4v) is 1.95. The van der Waals surface area contributed by atoms with Gasteiger partial charge in [0.15, 0.2) is 5.78 Å². The van der Waals surface area contributed by atoms with Gasteiger partial charge >= 0.3 is 0 Å². The first kappa shape index (κ1) is 14.9. The molecule has 2 aromatic rings. The number of aryl methyl sites for hydroxylation is 1. The van der Waals surface area contributed by atoms with Gasteiger partial charge in [-0.25, -0.2) is 4.39 Å². The third-order valence-corrected chi connectivity index (χ3v) is 3.11. The van der Waals surface area contributed by atoms with Gasteiger partial charge in [-0.05, 0) is 43.2 Å². The largest absolute Gasteiger partial charge is 0.326 e. The summed E-state index contributed by atoms with van der Waals surface area (Å²) in [4.78, 5) is 23.1. The van der Waals surface area contributed by atoms with Crippen LogP contribution in [0, 0.1) is 5.82 Å². The molecule has 0 spiro atoms. The van der Waals surface area contributed by atoms with E-state index in [4.69, 9.17) is 0 Å². The summed E-state index contributed by atoms with van der Waals surface area (Å²) < 4.78 is 12.8. The van der Waals surface area contributed by atoms with E-state index in [1.54, 1.807) is 36.4 Å². The van der Waals surface area contributed by atoms with Crippen molar-refractivity contribution in [2.75, 3.05) is 5.32 Å². The first-order chi connectivity index (χ1) is 10.0. The molecule has 0 aromatic heterocycles. The molecule has 3 nitrogen and oxygen atoms in total. The summed E-state index contributed by atoms with van der Waals surface area (Å²) in [6.07, 6.45) is 0.842. The highest BCUT2D eigenvalue weighted by Gasteiger charge is 2.05. The van der Waals surface area contributed by atoms with Gasteiger partial charge in [0.05, 0.1) is 0 Å². The van der Waals surface area contributed by atoms with Gasteiger partial charge in [0, 0.05) is 17.7 Å². The lowest BCUT2D eigenvalue weighted by Gasteiger charge is -2.06. The maximum atomic E-state index is 12.8. The first-order valence-corrected chi connectivity index (χ1v) is 6.70. The Balaban J connectivity index is 1.91. The molecule has 0 aliphatic heterocycles. The highest BCUT2D eigenvalue weighted by molar-refractivity contribution is 5.97. The number of anilines is 1. The van der Waals surface area contributed by atoms with Gasteiger partial charge in [0.25, 0.3) is 0 Å². The molecule has 0 heterocycles. The number of carbonyl (C=O) groups excluding carboxylic acids is 2. The lowest BCUT2D eigenvalue weighted by Crippen LogP contribution is -2.12. The molecular formula is C17H16FNO2. The van der Waals surface area contributed by atoms with Gasteiger partial charge in [0.2, 0.25) is 5.91 Å². The van der Waals surface area contributed by atoms with Crippen molar-refractivity contribution in [3.05, 3.63) is 65.5 Å². The van der Waals surface area contributed by atoms with Gasteiger partial charge in [-0.3, -0.25) is 9.59 Å². The number of amides is 1. The summed E-state index contributed by atoms with van der Waals surface area (Å²) in [5.74, 6) is -0.471. The second kappa shape index (κ2) is 6.79. The average Bonchev–Trinajstić information content (AvgIpc) is 2.47. The Labute approximate surface area is 122 Å². The molecule has 1 N–H and O–H groups in total. The predicted octanol–water partition coefficient (Wildman–Crippen LogP) is 3.60. The van der Waals surface area contributed by atoms with E-state index >= 15 is 0 Å². The fraction of sp³-hybridized carbons (Fsp3) is 0.176. The van der Waals surface area contributed by atoms with Crippen LogP contribution in [0.25, 0.3) is 0 Å². The molecular weight excluding hydrogens is 269 g/mol. The first-order valence-electron chi connectivity index (χ1n) is 6.70. The molecule has 108 valence electrons. The van der Waals surface area contributed by atoms with Crippen LogP contribution in [0.5, 0.6) is 0 Å². The smallest absolute Gasteiger partial charge is 0.224 e. The zero-order valence-corrected chi connectivity index (χ0v) is 11.7. The SMILES string of the molecule is CC(=O)c1cccc(NC(=O)CCc2ccc(F)cc2)c1. The summed E-state index contributed by atoms with van der Waals surface area (Å²) in [5, 5.41) is 2.75. The van der Waals surface area contributed by atoms with Gasteiger partial charge in [-0.15, -0.1) is 0 Å². The molecule has 4 heteroatoms. The number of hydrogen-bond acceptors (Lipinski definition) is 2. The van der Waals surface area contributed by atoms with Crippen LogP contribution in [0.1, 0.15) is 29.3 Å². The Morgan fingerprint density at radius 3 is 2.48 bits per heavy atom. The molecule has 0 bridgehead atoms. The molecule has 0 aliphatic carbocycles. The quantitative estimate of drug-likeness (QED) is 0.853. The second-order valence-electron chi connectivity index (χ2n) is 4.81. The van der Waals surface area contributed by atoms with Crippen molar-refractivity contribution in [3.63, 3.8) is 0 Å². The number of halogens is 1. The molecule has 0 aliphatic rings. The van der Waals surface area contributed by atoms with E-state index in [1.807, 2.05) is 0 Å². The number of ketones is 1. The molecule has 0 saturated heterocycles. The molecule has 0 unspecified atom stereocenters. The monoisotopic (exact) mass is 285 g/mol. The highest BCUT2D eigenvalue weighted by atomic mass is 19.1. The lowest BCUT2D eigenvalue weighted by molar-refractivity contribution is -0.116. The van der Waals surface area contributed by atoms with Crippen LogP contribution < -0.4 is 5.32 Å². The van der Waals surface area contributed by atoms with E-state index in [9.17, 15) is 14.0 Å². The molecule has 0 radical (unpaired) electrons. The summed E-state index contributed by atoms with van der Waals surface area (Å²) in [7, 11) is 0. The summed E-state index contributed by atoms with van der Waals surface area (Å²) in [5.41, 5.74) is 2.07. The van der Waals surface area contributed by atoms with Crippen molar-refractivity contribution in [1.29, 1.82) is 0 Å². The minimum atomic E-state index is -0.288. The minimum Gasteiger partial charge on any atom is -0.326 e. The van der Waals surface area contributed by atoms with E-state index in [2.05, 4.69) is 5.32 Å². The molecule has 21 heavy (non-hydrogen) atoms. The van der Waals surface area contributed by atoms with Crippen LogP contribution in [0.3, 0.4) is 0 Å². The van der Waals surface area contributed by atoms with Crippen LogP contribution in [0.15, 0.2) is 48.5 Å². The van der Waals surface area contributed by atoms with E-state index in [1.165, 1.54) is 19.1 Å². The zero-order chi connectivity index (χ0) is 15.2. The topological polar surface area (TPSA) is 46.2 Å². The third kappa shape index (κ3) is 4.53. The van der Waals surface area contributed by atoms with Crippen LogP contribution in [0.2, 0.25) is 0 Å². The normalized spacial score (nSPS) is 10.2. The van der Waals surface area contributed by atoms with Gasteiger partial charge < -0.3 is 5.32 Å². The van der Waals surface area contributed by atoms with E-state index in [0.717, 1.165) is 5.56 Å². The Morgan fingerprint density at radius 2 is 1.81 bits per heavy atom. The lowest BCUT2D eigenvalue weighted by atomic mass is 10.1. The van der Waals surface area contributed by atoms with E-state index < -0.39 is 0 Å². The minimum absolute atomic E-state index is 0.0441. The second-order valence-corrected chi connectivity index (χ2v) is 4.81. The maximum absolute atomic E-state index is 12.8. The van der Waals surface area contributed by atoms with Crippen molar-refractivity contribution >= 4 is 17.4 Å². The van der Waals surface area contributed by atoms with Gasteiger partial charge in [-0.1, -0.05) is 24.3 Å². The number of Topliss-reactive ketones (excluding diaryl/α,β-unsaturated/α-hetero) is 1. The summed E-state index contributed by atoms with van der Waals surface area (Å²) >= 11 is 0. The number of benzene rings is 2. The summed E-state index contributed by atoms with van der Waals surface area (Å²) in [6, 6.07) is 12.9. The number of nitrogens with one attached hydrogen (secondary N) is 1. The Hall–Kier alpha value is -2.49. The van der Waals surface area contributed by atoms with Crippen molar-refractivity contribution in [3.8, 4) is 0 Å².